The summed E-state index contributed by atoms with van der Waals surface area (Å²) in [5.74, 6) is 0.599. The number of rotatable bonds is 3. The average Bonchev–Trinajstić information content (AvgIpc) is 2.98. The van der Waals surface area contributed by atoms with E-state index >= 15 is 0 Å². The molecule has 0 N–H and O–H groups in total. The standard InChI is InChI=1S/C17H24ClN3Si/c1-22(2,3)17-12-21(20-19-17)16-10-9-14(18)11-15(16)13-7-5-4-6-8-13/h9-13H,4-8H2,1-3H3. The molecule has 0 spiro atoms. The summed E-state index contributed by atoms with van der Waals surface area (Å²) in [7, 11) is -1.43. The summed E-state index contributed by atoms with van der Waals surface area (Å²) in [6.07, 6.45) is 8.60. The second kappa shape index (κ2) is 6.17. The van der Waals surface area contributed by atoms with Crippen molar-refractivity contribution >= 4 is 25.0 Å². The Bertz CT molecular complexity index is 654. The van der Waals surface area contributed by atoms with E-state index in [0.717, 1.165) is 16.0 Å². The van der Waals surface area contributed by atoms with Crippen LogP contribution in [-0.4, -0.2) is 23.1 Å². The van der Waals surface area contributed by atoms with E-state index in [1.165, 1.54) is 37.7 Å². The highest BCUT2D eigenvalue weighted by atomic mass is 35.5. The van der Waals surface area contributed by atoms with Crippen molar-refractivity contribution in [1.82, 2.24) is 15.0 Å². The molecule has 22 heavy (non-hydrogen) atoms. The van der Waals surface area contributed by atoms with Gasteiger partial charge in [-0.3, -0.25) is 0 Å². The Kier molecular flexibility index (Phi) is 4.41. The second-order valence-electron chi connectivity index (χ2n) is 7.34. The first-order valence-corrected chi connectivity index (χ1v) is 12.1. The Morgan fingerprint density at radius 2 is 1.86 bits per heavy atom. The van der Waals surface area contributed by atoms with Gasteiger partial charge < -0.3 is 0 Å². The van der Waals surface area contributed by atoms with Gasteiger partial charge in [0.25, 0.3) is 0 Å². The van der Waals surface area contributed by atoms with Crippen LogP contribution in [0.4, 0.5) is 0 Å². The van der Waals surface area contributed by atoms with Crippen molar-refractivity contribution in [2.75, 3.05) is 0 Å². The van der Waals surface area contributed by atoms with E-state index in [2.05, 4.69) is 48.3 Å². The first-order valence-electron chi connectivity index (χ1n) is 8.18. The molecular weight excluding hydrogens is 310 g/mol. The Morgan fingerprint density at radius 1 is 1.14 bits per heavy atom. The molecule has 2 aromatic rings. The summed E-state index contributed by atoms with van der Waals surface area (Å²) < 4.78 is 1.95. The van der Waals surface area contributed by atoms with Gasteiger partial charge in [-0.15, -0.1) is 5.10 Å². The number of nitrogens with zero attached hydrogens (tertiary/aromatic N) is 3. The van der Waals surface area contributed by atoms with E-state index in [1.54, 1.807) is 0 Å². The average molecular weight is 334 g/mol. The number of benzene rings is 1. The Hall–Kier alpha value is -1.13. The molecule has 3 rings (SSSR count). The van der Waals surface area contributed by atoms with E-state index in [9.17, 15) is 0 Å². The van der Waals surface area contributed by atoms with Gasteiger partial charge in [0.2, 0.25) is 0 Å². The van der Waals surface area contributed by atoms with E-state index in [-0.39, 0.29) is 0 Å². The van der Waals surface area contributed by atoms with Gasteiger partial charge in [0, 0.05) is 11.2 Å². The lowest BCUT2D eigenvalue weighted by molar-refractivity contribution is 0.442. The van der Waals surface area contributed by atoms with Gasteiger partial charge >= 0.3 is 0 Å². The van der Waals surface area contributed by atoms with Crippen LogP contribution in [0.5, 0.6) is 0 Å². The van der Waals surface area contributed by atoms with Gasteiger partial charge in [0.1, 0.15) is 8.07 Å². The zero-order chi connectivity index (χ0) is 15.7. The molecule has 0 radical (unpaired) electrons. The highest BCUT2D eigenvalue weighted by Crippen LogP contribution is 2.36. The molecule has 118 valence electrons. The maximum absolute atomic E-state index is 6.26. The third-order valence-corrected chi connectivity index (χ3v) is 6.54. The number of hydrogen-bond donors (Lipinski definition) is 0. The highest BCUT2D eigenvalue weighted by Gasteiger charge is 2.23. The lowest BCUT2D eigenvalue weighted by Gasteiger charge is -2.24. The minimum Gasteiger partial charge on any atom is -0.221 e. The molecule has 0 aliphatic heterocycles. The molecule has 1 aliphatic carbocycles. The van der Waals surface area contributed by atoms with Crippen LogP contribution in [0.25, 0.3) is 5.69 Å². The van der Waals surface area contributed by atoms with E-state index in [4.69, 9.17) is 11.6 Å². The minimum absolute atomic E-state index is 0.599. The first kappa shape index (κ1) is 15.8. The first-order chi connectivity index (χ1) is 10.4. The zero-order valence-electron chi connectivity index (χ0n) is 13.6. The Morgan fingerprint density at radius 3 is 2.50 bits per heavy atom. The van der Waals surface area contributed by atoms with Crippen molar-refractivity contribution in [3.63, 3.8) is 0 Å². The quantitative estimate of drug-likeness (QED) is 0.773. The summed E-state index contributed by atoms with van der Waals surface area (Å²) in [6, 6.07) is 6.18. The molecule has 1 fully saturated rings. The molecule has 0 saturated heterocycles. The molecular formula is C17H24ClN3Si. The molecule has 0 atom stereocenters. The van der Waals surface area contributed by atoms with Crippen molar-refractivity contribution in [3.05, 3.63) is 35.0 Å². The van der Waals surface area contributed by atoms with Gasteiger partial charge in [0.05, 0.1) is 11.0 Å². The van der Waals surface area contributed by atoms with E-state index < -0.39 is 8.07 Å². The Labute approximate surface area is 138 Å². The van der Waals surface area contributed by atoms with Crippen LogP contribution in [0.15, 0.2) is 24.4 Å². The predicted molar refractivity (Wildman–Crippen MR) is 95.2 cm³/mol. The number of hydrogen-bond acceptors (Lipinski definition) is 2. The summed E-state index contributed by atoms with van der Waals surface area (Å²) in [4.78, 5) is 0. The van der Waals surface area contributed by atoms with Crippen LogP contribution >= 0.6 is 11.6 Å². The smallest absolute Gasteiger partial charge is 0.106 e. The molecule has 3 nitrogen and oxygen atoms in total. The fourth-order valence-electron chi connectivity index (χ4n) is 3.20. The Balaban J connectivity index is 2.01. The van der Waals surface area contributed by atoms with Crippen LogP contribution in [-0.2, 0) is 0 Å². The van der Waals surface area contributed by atoms with E-state index in [1.807, 2.05) is 10.7 Å². The molecule has 1 aromatic heterocycles. The number of halogens is 1. The van der Waals surface area contributed by atoms with E-state index in [0.29, 0.717) is 5.92 Å². The summed E-state index contributed by atoms with van der Waals surface area (Å²) in [5, 5.41) is 10.8. The molecule has 0 unspecified atom stereocenters. The van der Waals surface area contributed by atoms with Crippen molar-refractivity contribution in [2.24, 2.45) is 0 Å². The normalized spacial score (nSPS) is 16.9. The molecule has 0 amide bonds. The lowest BCUT2D eigenvalue weighted by Crippen LogP contribution is -2.38. The van der Waals surface area contributed by atoms with Crippen LogP contribution in [0, 0.1) is 0 Å². The minimum atomic E-state index is -1.43. The number of aromatic nitrogens is 3. The third-order valence-electron chi connectivity index (χ3n) is 4.54. The van der Waals surface area contributed by atoms with Gasteiger partial charge in [-0.2, -0.15) is 0 Å². The lowest BCUT2D eigenvalue weighted by atomic mass is 9.83. The van der Waals surface area contributed by atoms with Crippen molar-refractivity contribution in [2.45, 2.75) is 57.7 Å². The van der Waals surface area contributed by atoms with Gasteiger partial charge in [-0.25, -0.2) is 4.68 Å². The monoisotopic (exact) mass is 333 g/mol. The maximum atomic E-state index is 6.26. The molecule has 1 aromatic carbocycles. The van der Waals surface area contributed by atoms with Crippen LogP contribution in [0.2, 0.25) is 24.7 Å². The molecule has 0 bridgehead atoms. The van der Waals surface area contributed by atoms with Crippen molar-refractivity contribution < 1.29 is 0 Å². The van der Waals surface area contributed by atoms with Gasteiger partial charge in [-0.1, -0.05) is 55.7 Å². The third kappa shape index (κ3) is 3.28. The second-order valence-corrected chi connectivity index (χ2v) is 12.8. The van der Waals surface area contributed by atoms with Crippen LogP contribution < -0.4 is 5.32 Å². The molecule has 1 aliphatic rings. The topological polar surface area (TPSA) is 30.7 Å². The van der Waals surface area contributed by atoms with Gasteiger partial charge in [0.15, 0.2) is 0 Å². The summed E-state index contributed by atoms with van der Waals surface area (Å²) in [6.45, 7) is 6.89. The zero-order valence-corrected chi connectivity index (χ0v) is 15.4. The largest absolute Gasteiger partial charge is 0.221 e. The molecule has 1 heterocycles. The fourth-order valence-corrected chi connectivity index (χ4v) is 4.23. The highest BCUT2D eigenvalue weighted by molar-refractivity contribution is 6.88. The fraction of sp³-hybridized carbons (Fsp3) is 0.529. The van der Waals surface area contributed by atoms with Crippen LogP contribution in [0.3, 0.4) is 0 Å². The summed E-state index contributed by atoms with van der Waals surface area (Å²) in [5.41, 5.74) is 2.48. The predicted octanol–water partition coefficient (Wildman–Crippen LogP) is 4.51. The maximum Gasteiger partial charge on any atom is 0.106 e. The SMILES string of the molecule is C[Si](C)(C)c1cn(-c2ccc(Cl)cc2C2CCCCC2)nn1. The van der Waals surface area contributed by atoms with Gasteiger partial charge in [-0.05, 0) is 42.5 Å². The van der Waals surface area contributed by atoms with Crippen molar-refractivity contribution in [1.29, 1.82) is 0 Å². The summed E-state index contributed by atoms with van der Waals surface area (Å²) >= 11 is 6.26. The molecule has 5 heteroatoms. The van der Waals surface area contributed by atoms with Crippen LogP contribution in [0.1, 0.15) is 43.6 Å². The molecule has 1 saturated carbocycles. The van der Waals surface area contributed by atoms with Crippen molar-refractivity contribution in [3.8, 4) is 5.69 Å².